The molecule has 1 saturated carbocycles. The molecule has 4 atom stereocenters. The Balaban J connectivity index is 0.763. The van der Waals surface area contributed by atoms with Gasteiger partial charge < -0.3 is 19.9 Å². The van der Waals surface area contributed by atoms with Crippen LogP contribution in [0.2, 0.25) is 0 Å². The summed E-state index contributed by atoms with van der Waals surface area (Å²) in [5.74, 6) is 6.18. The maximum Gasteiger partial charge on any atom is 0.329 e. The molecule has 17 heteroatoms. The minimum Gasteiger partial charge on any atom is -0.372 e. The number of aryl methyl sites for hydroxylation is 1. The predicted octanol–water partition coefficient (Wildman–Crippen LogP) is 4.71. The molecule has 332 valence electrons. The maximum atomic E-state index is 14.3. The lowest BCUT2D eigenvalue weighted by molar-refractivity contribution is -0.135. The molecule has 5 aliphatic rings. The normalized spacial score (nSPS) is 26.2. The molecule has 15 nitrogen and oxygen atoms in total. The van der Waals surface area contributed by atoms with Gasteiger partial charge in [-0.25, -0.2) is 23.1 Å². The second kappa shape index (κ2) is 17.8. The van der Waals surface area contributed by atoms with Crippen LogP contribution in [0.4, 0.5) is 14.5 Å². The van der Waals surface area contributed by atoms with Crippen LogP contribution in [0, 0.1) is 29.6 Å². The van der Waals surface area contributed by atoms with Gasteiger partial charge in [0.25, 0.3) is 12.3 Å². The molecule has 2 unspecified atom stereocenters. The number of aromatic nitrogens is 4. The van der Waals surface area contributed by atoms with Crippen molar-refractivity contribution in [3.05, 3.63) is 64.3 Å². The number of para-hydroxylation sites is 1. The van der Waals surface area contributed by atoms with E-state index in [1.54, 1.807) is 17.8 Å². The van der Waals surface area contributed by atoms with Crippen molar-refractivity contribution >= 4 is 51.5 Å². The number of fused-ring (bicyclic) bond motifs is 2. The molecule has 0 bridgehead atoms. The molecular formula is C46H54F2N10O5. The van der Waals surface area contributed by atoms with Gasteiger partial charge in [-0.05, 0) is 108 Å². The Hall–Kier alpha value is -5.73. The molecule has 3 amide bonds. The second-order valence-corrected chi connectivity index (χ2v) is 18.0. The van der Waals surface area contributed by atoms with Crippen molar-refractivity contribution in [2.75, 3.05) is 37.6 Å². The molecule has 9 rings (SSSR count). The molecule has 63 heavy (non-hydrogen) atoms. The van der Waals surface area contributed by atoms with Crippen molar-refractivity contribution in [1.29, 1.82) is 0 Å². The van der Waals surface area contributed by atoms with Gasteiger partial charge in [0.15, 0.2) is 5.84 Å². The number of carbonyl (C=O) groups is 3. The molecule has 0 spiro atoms. The maximum absolute atomic E-state index is 14.3. The Kier molecular flexibility index (Phi) is 12.0. The number of morpholine rings is 1. The van der Waals surface area contributed by atoms with Gasteiger partial charge in [-0.1, -0.05) is 17.9 Å². The van der Waals surface area contributed by atoms with E-state index in [0.29, 0.717) is 41.5 Å². The highest BCUT2D eigenvalue weighted by Gasteiger charge is 2.37. The number of likely N-dealkylation sites (tertiary alicyclic amines) is 1. The van der Waals surface area contributed by atoms with Crippen LogP contribution >= 0.6 is 0 Å². The van der Waals surface area contributed by atoms with Crippen LogP contribution in [0.1, 0.15) is 93.6 Å². The molecular weight excluding hydrogens is 811 g/mol. The molecule has 4 aromatic rings. The van der Waals surface area contributed by atoms with Gasteiger partial charge in [-0.2, -0.15) is 5.10 Å². The molecule has 1 aromatic carbocycles. The van der Waals surface area contributed by atoms with Gasteiger partial charge >= 0.3 is 5.69 Å². The lowest BCUT2D eigenvalue weighted by Crippen LogP contribution is -2.45. The lowest BCUT2D eigenvalue weighted by Gasteiger charge is -2.36. The molecule has 2 N–H and O–H groups in total. The number of rotatable bonds is 8. The predicted molar refractivity (Wildman–Crippen MR) is 234 cm³/mol. The first-order chi connectivity index (χ1) is 30.4. The van der Waals surface area contributed by atoms with Gasteiger partial charge in [0.2, 0.25) is 11.8 Å². The number of amides is 3. The average molecular weight is 865 g/mol. The van der Waals surface area contributed by atoms with Crippen LogP contribution in [0.25, 0.3) is 16.6 Å². The first kappa shape index (κ1) is 42.6. The molecule has 1 aliphatic carbocycles. The highest BCUT2D eigenvalue weighted by Crippen LogP contribution is 2.36. The lowest BCUT2D eigenvalue weighted by atomic mass is 9.80. The Labute approximate surface area is 363 Å². The molecule has 4 fully saturated rings. The first-order valence-electron chi connectivity index (χ1n) is 22.3. The number of anilines is 1. The van der Waals surface area contributed by atoms with Crippen molar-refractivity contribution in [2.24, 2.45) is 34.8 Å². The van der Waals surface area contributed by atoms with Crippen LogP contribution in [-0.4, -0.2) is 110 Å². The quantitative estimate of drug-likeness (QED) is 0.190. The number of nitrogens with zero attached hydrogens (tertiary/aromatic N) is 8. The Morgan fingerprint density at radius 3 is 2.46 bits per heavy atom. The smallest absolute Gasteiger partial charge is 0.329 e. The third kappa shape index (κ3) is 8.80. The van der Waals surface area contributed by atoms with Gasteiger partial charge in [0.05, 0.1) is 46.1 Å². The van der Waals surface area contributed by atoms with E-state index in [4.69, 9.17) is 4.74 Å². The zero-order chi connectivity index (χ0) is 43.9. The minimum absolute atomic E-state index is 0.0239. The first-order valence-corrected chi connectivity index (χ1v) is 22.3. The zero-order valence-corrected chi connectivity index (χ0v) is 35.9. The number of aliphatic imine (C=N–C) groups is 2. The van der Waals surface area contributed by atoms with E-state index in [9.17, 15) is 28.0 Å². The van der Waals surface area contributed by atoms with Crippen LogP contribution in [0.15, 0.2) is 57.5 Å². The SMILES string of the molecule is C[C@@H]1CN(c2ccn3ncc(C(=O)NC4=NC(C5CCC(CN6CCC(CC#Cc7cccc8c7n(C)c(=O)n8C7CCC(=O)NC7=O)CC6)CC5)N=C4C(F)F)c3c2)C[C@@H](C)O1. The Morgan fingerprint density at radius 1 is 0.968 bits per heavy atom. The fraction of sp³-hybridized carbons (Fsp3) is 0.543. The molecule has 3 saturated heterocycles. The summed E-state index contributed by atoms with van der Waals surface area (Å²) in [5.41, 5.74) is 3.03. The minimum atomic E-state index is -2.87. The standard InChI is InChI=1S/C46H54F2N10O5/c1-27-24-56(25-28(2)63-27)33-18-21-57-37(22-33)34(23-49-57)44(60)53-43-39(41(47)48)51-42(52-43)32-12-10-30(11-13-32)26-55-19-16-29(17-20-55)6-4-7-31-8-5-9-35-40(31)54(3)46(62)58(35)36-14-15-38(59)50-45(36)61/h5,8-9,18,21-23,27-30,32,36,41-42H,6,10-17,19-20,24-26H2,1-3H3,(H,50,59,61)(H,52,53,60)/t27-,28-,30?,32?,36?,42?/m1/s1. The number of nitrogens with one attached hydrogen (secondary N) is 2. The summed E-state index contributed by atoms with van der Waals surface area (Å²) in [4.78, 5) is 64.9. The van der Waals surface area contributed by atoms with E-state index in [1.807, 2.05) is 44.2 Å². The largest absolute Gasteiger partial charge is 0.372 e. The second-order valence-electron chi connectivity index (χ2n) is 18.0. The van der Waals surface area contributed by atoms with E-state index < -0.39 is 36.2 Å². The number of imidazole rings is 1. The molecule has 7 heterocycles. The summed E-state index contributed by atoms with van der Waals surface area (Å²) in [6, 6.07) is 8.66. The molecule has 0 radical (unpaired) electrons. The van der Waals surface area contributed by atoms with E-state index in [-0.39, 0.29) is 54.0 Å². The molecule has 3 aromatic heterocycles. The summed E-state index contributed by atoms with van der Waals surface area (Å²) in [7, 11) is 1.69. The summed E-state index contributed by atoms with van der Waals surface area (Å²) >= 11 is 0. The van der Waals surface area contributed by atoms with E-state index in [0.717, 1.165) is 75.8 Å². The highest BCUT2D eigenvalue weighted by atomic mass is 19.3. The highest BCUT2D eigenvalue weighted by molar-refractivity contribution is 6.46. The van der Waals surface area contributed by atoms with Crippen molar-refractivity contribution in [3.8, 4) is 11.8 Å². The van der Waals surface area contributed by atoms with Crippen molar-refractivity contribution in [3.63, 3.8) is 0 Å². The number of alkyl halides is 2. The monoisotopic (exact) mass is 864 g/mol. The fourth-order valence-electron chi connectivity index (χ4n) is 10.3. The number of halogens is 2. The van der Waals surface area contributed by atoms with Gasteiger partial charge in [-0.15, -0.1) is 0 Å². The van der Waals surface area contributed by atoms with Gasteiger partial charge in [0.1, 0.15) is 17.9 Å². The van der Waals surface area contributed by atoms with Crippen LogP contribution in [0.5, 0.6) is 0 Å². The summed E-state index contributed by atoms with van der Waals surface area (Å²) in [6.07, 6.45) is 6.73. The van der Waals surface area contributed by atoms with Crippen molar-refractivity contribution in [2.45, 2.75) is 102 Å². The molecule has 4 aliphatic heterocycles. The summed E-state index contributed by atoms with van der Waals surface area (Å²) < 4.78 is 39.1. The number of hydrogen-bond acceptors (Lipinski definition) is 10. The van der Waals surface area contributed by atoms with Crippen LogP contribution in [0.3, 0.4) is 0 Å². The van der Waals surface area contributed by atoms with E-state index in [2.05, 4.69) is 47.4 Å². The number of ether oxygens (including phenoxy) is 1. The zero-order valence-electron chi connectivity index (χ0n) is 35.9. The topological polar surface area (TPSA) is 160 Å². The number of carbonyl (C=O) groups excluding carboxylic acids is 3. The Morgan fingerprint density at radius 2 is 1.73 bits per heavy atom. The average Bonchev–Trinajstić information content (AvgIpc) is 3.96. The number of piperidine rings is 2. The fourth-order valence-corrected chi connectivity index (χ4v) is 10.3. The number of imide groups is 1. The number of pyridine rings is 1. The van der Waals surface area contributed by atoms with E-state index >= 15 is 0 Å². The van der Waals surface area contributed by atoms with Gasteiger partial charge in [-0.3, -0.25) is 33.8 Å². The number of hydrogen-bond donors (Lipinski definition) is 2. The number of amidine groups is 1. The third-order valence-electron chi connectivity index (χ3n) is 13.5. The Bertz CT molecular complexity index is 2590. The van der Waals surface area contributed by atoms with E-state index in [1.165, 1.54) is 15.3 Å². The van der Waals surface area contributed by atoms with Crippen molar-refractivity contribution in [1.82, 2.24) is 34.3 Å². The van der Waals surface area contributed by atoms with Crippen molar-refractivity contribution < 1.29 is 27.9 Å². The van der Waals surface area contributed by atoms with Crippen LogP contribution < -0.4 is 21.2 Å². The summed E-state index contributed by atoms with van der Waals surface area (Å²) in [5, 5.41) is 9.36. The van der Waals surface area contributed by atoms with Crippen LogP contribution in [-0.2, 0) is 21.4 Å². The van der Waals surface area contributed by atoms with Gasteiger partial charge in [0, 0.05) is 57.3 Å². The summed E-state index contributed by atoms with van der Waals surface area (Å²) in [6.45, 7) is 8.45. The number of benzene rings is 1. The third-order valence-corrected chi connectivity index (χ3v) is 13.5.